The summed E-state index contributed by atoms with van der Waals surface area (Å²) < 4.78 is 37.5. The van der Waals surface area contributed by atoms with Crippen molar-refractivity contribution in [1.29, 1.82) is 0 Å². The Morgan fingerprint density at radius 2 is 1.95 bits per heavy atom. The van der Waals surface area contributed by atoms with Gasteiger partial charge in [0.15, 0.2) is 0 Å². The Bertz CT molecular complexity index is 569. The van der Waals surface area contributed by atoms with Crippen molar-refractivity contribution in [3.8, 4) is 0 Å². The maximum absolute atomic E-state index is 12.5. The molecule has 19 heavy (non-hydrogen) atoms. The Hall–Kier alpha value is -1.37. The number of ketones is 1. The number of carbonyl (C=O) groups excluding carboxylic acids is 2. The van der Waals surface area contributed by atoms with E-state index in [1.165, 1.54) is 17.9 Å². The number of anilines is 1. The van der Waals surface area contributed by atoms with E-state index in [-0.39, 0.29) is 10.4 Å². The second-order valence-electron chi connectivity index (χ2n) is 4.21. The Kier molecular flexibility index (Phi) is 3.42. The number of benzene rings is 1. The summed E-state index contributed by atoms with van der Waals surface area (Å²) in [6.45, 7) is 1.75. The van der Waals surface area contributed by atoms with Crippen molar-refractivity contribution in [2.75, 3.05) is 11.4 Å². The molecule has 0 saturated carbocycles. The summed E-state index contributed by atoms with van der Waals surface area (Å²) in [5, 5.41) is 0. The molecule has 0 aliphatic carbocycles. The van der Waals surface area contributed by atoms with Gasteiger partial charge in [0.1, 0.15) is 0 Å². The van der Waals surface area contributed by atoms with Crippen molar-refractivity contribution >= 4 is 33.3 Å². The maximum atomic E-state index is 12.5. The van der Waals surface area contributed by atoms with Crippen LogP contribution in [-0.4, -0.2) is 24.4 Å². The lowest BCUT2D eigenvalue weighted by Gasteiger charge is -2.16. The Balaban J connectivity index is 2.52. The van der Waals surface area contributed by atoms with Gasteiger partial charge in [0, 0.05) is 29.2 Å². The molecule has 1 aliphatic rings. The minimum Gasteiger partial charge on any atom is -0.312 e. The number of fused-ring (bicyclic) bond motifs is 1. The minimum atomic E-state index is -4.93. The number of alkyl halides is 3. The Labute approximate surface area is 115 Å². The van der Waals surface area contributed by atoms with E-state index in [4.69, 9.17) is 0 Å². The fourth-order valence-corrected chi connectivity index (χ4v) is 2.63. The van der Waals surface area contributed by atoms with Gasteiger partial charge in [0.25, 0.3) is 5.78 Å². The summed E-state index contributed by atoms with van der Waals surface area (Å²) in [6, 6.07) is 2.60. The van der Waals surface area contributed by atoms with Crippen molar-refractivity contribution in [1.82, 2.24) is 0 Å². The van der Waals surface area contributed by atoms with E-state index < -0.39 is 17.5 Å². The van der Waals surface area contributed by atoms with Crippen LogP contribution < -0.4 is 4.90 Å². The van der Waals surface area contributed by atoms with E-state index in [1.54, 1.807) is 0 Å². The largest absolute Gasteiger partial charge is 0.454 e. The van der Waals surface area contributed by atoms with Crippen molar-refractivity contribution in [2.24, 2.45) is 0 Å². The van der Waals surface area contributed by atoms with Crippen LogP contribution in [-0.2, 0) is 11.2 Å². The van der Waals surface area contributed by atoms with E-state index in [0.717, 1.165) is 11.6 Å². The van der Waals surface area contributed by atoms with E-state index in [2.05, 4.69) is 15.9 Å². The molecule has 0 saturated heterocycles. The van der Waals surface area contributed by atoms with Crippen molar-refractivity contribution in [3.63, 3.8) is 0 Å². The molecule has 2 rings (SSSR count). The third-order valence-electron chi connectivity index (χ3n) is 2.95. The Morgan fingerprint density at radius 3 is 2.47 bits per heavy atom. The highest BCUT2D eigenvalue weighted by Crippen LogP contribution is 2.35. The average Bonchev–Trinajstić information content (AvgIpc) is 2.68. The van der Waals surface area contributed by atoms with Crippen LogP contribution in [0.2, 0.25) is 0 Å². The van der Waals surface area contributed by atoms with Gasteiger partial charge in [-0.2, -0.15) is 13.2 Å². The third-order valence-corrected chi connectivity index (χ3v) is 3.60. The van der Waals surface area contributed by atoms with Gasteiger partial charge >= 0.3 is 6.18 Å². The fourth-order valence-electron chi connectivity index (χ4n) is 2.06. The first-order valence-corrected chi connectivity index (χ1v) is 6.23. The molecular formula is C12H9BrF3NO2. The summed E-state index contributed by atoms with van der Waals surface area (Å²) in [5.74, 6) is -2.18. The number of Topliss-reactive ketones (excluding diaryl/α,β-unsaturated/α-hetero) is 1. The van der Waals surface area contributed by atoms with Crippen LogP contribution in [0.1, 0.15) is 22.8 Å². The van der Waals surface area contributed by atoms with Gasteiger partial charge < -0.3 is 4.90 Å². The zero-order valence-electron chi connectivity index (χ0n) is 9.84. The molecule has 0 spiro atoms. The van der Waals surface area contributed by atoms with E-state index >= 15 is 0 Å². The van der Waals surface area contributed by atoms with Crippen LogP contribution in [0, 0.1) is 0 Å². The lowest BCUT2D eigenvalue weighted by Crippen LogP contribution is -2.27. The summed E-state index contributed by atoms with van der Waals surface area (Å²) >= 11 is 2.98. The van der Waals surface area contributed by atoms with E-state index in [9.17, 15) is 22.8 Å². The normalized spacial score (nSPS) is 14.5. The SMILES string of the molecule is CC(=O)N1CCc2cc(Br)c(C(=O)C(F)(F)F)cc21. The third kappa shape index (κ3) is 2.51. The average molecular weight is 336 g/mol. The van der Waals surface area contributed by atoms with Gasteiger partial charge in [-0.3, -0.25) is 9.59 Å². The predicted molar refractivity (Wildman–Crippen MR) is 66.3 cm³/mol. The second-order valence-corrected chi connectivity index (χ2v) is 5.06. The van der Waals surface area contributed by atoms with Crippen LogP contribution >= 0.6 is 15.9 Å². The Morgan fingerprint density at radius 1 is 1.32 bits per heavy atom. The lowest BCUT2D eigenvalue weighted by atomic mass is 10.1. The molecule has 3 nitrogen and oxygen atoms in total. The topological polar surface area (TPSA) is 37.4 Å². The molecule has 1 heterocycles. The number of amides is 1. The number of carbonyl (C=O) groups is 2. The summed E-state index contributed by atoms with van der Waals surface area (Å²) in [4.78, 5) is 24.1. The van der Waals surface area contributed by atoms with Gasteiger partial charge in [-0.05, 0) is 24.1 Å². The van der Waals surface area contributed by atoms with Crippen molar-refractivity contribution < 1.29 is 22.8 Å². The highest BCUT2D eigenvalue weighted by Gasteiger charge is 2.41. The number of rotatable bonds is 1. The fraction of sp³-hybridized carbons (Fsp3) is 0.333. The van der Waals surface area contributed by atoms with Crippen molar-refractivity contribution in [3.05, 3.63) is 27.7 Å². The molecular weight excluding hydrogens is 327 g/mol. The zero-order chi connectivity index (χ0) is 14.4. The molecule has 0 unspecified atom stereocenters. The molecule has 0 atom stereocenters. The molecule has 0 aromatic heterocycles. The lowest BCUT2D eigenvalue weighted by molar-refractivity contribution is -0.116. The van der Waals surface area contributed by atoms with Gasteiger partial charge in [-0.15, -0.1) is 0 Å². The molecule has 0 bridgehead atoms. The number of halogens is 4. The van der Waals surface area contributed by atoms with Crippen LogP contribution in [0.15, 0.2) is 16.6 Å². The molecule has 0 N–H and O–H groups in total. The number of nitrogens with zero attached hydrogens (tertiary/aromatic N) is 1. The van der Waals surface area contributed by atoms with Crippen LogP contribution in [0.3, 0.4) is 0 Å². The summed E-state index contributed by atoms with van der Waals surface area (Å²) in [5.41, 5.74) is 0.656. The number of hydrogen-bond donors (Lipinski definition) is 0. The maximum Gasteiger partial charge on any atom is 0.454 e. The highest BCUT2D eigenvalue weighted by atomic mass is 79.9. The highest BCUT2D eigenvalue weighted by molar-refractivity contribution is 9.10. The molecule has 1 aromatic carbocycles. The van der Waals surface area contributed by atoms with Gasteiger partial charge in [-0.1, -0.05) is 15.9 Å². The molecule has 7 heteroatoms. The minimum absolute atomic E-state index is 0.0963. The first-order valence-electron chi connectivity index (χ1n) is 5.44. The predicted octanol–water partition coefficient (Wildman–Crippen LogP) is 3.10. The van der Waals surface area contributed by atoms with Gasteiger partial charge in [-0.25, -0.2) is 0 Å². The molecule has 0 radical (unpaired) electrons. The van der Waals surface area contributed by atoms with Crippen molar-refractivity contribution in [2.45, 2.75) is 19.5 Å². The standard InChI is InChI=1S/C12H9BrF3NO2/c1-6(18)17-3-2-7-4-9(13)8(5-10(7)17)11(19)12(14,15)16/h4-5H,2-3H2,1H3. The van der Waals surface area contributed by atoms with Crippen LogP contribution in [0.4, 0.5) is 18.9 Å². The van der Waals surface area contributed by atoms with Gasteiger partial charge in [0.05, 0.1) is 0 Å². The molecule has 1 aromatic rings. The molecule has 1 aliphatic heterocycles. The molecule has 1 amide bonds. The smallest absolute Gasteiger partial charge is 0.312 e. The first kappa shape index (κ1) is 14.0. The first-order chi connectivity index (χ1) is 8.71. The van der Waals surface area contributed by atoms with Gasteiger partial charge in [0.2, 0.25) is 5.91 Å². The zero-order valence-corrected chi connectivity index (χ0v) is 11.4. The second kappa shape index (κ2) is 4.63. The molecule has 0 fully saturated rings. The quantitative estimate of drug-likeness (QED) is 0.739. The van der Waals surface area contributed by atoms with E-state index in [1.807, 2.05) is 0 Å². The molecule has 102 valence electrons. The summed E-state index contributed by atoms with van der Waals surface area (Å²) in [6.07, 6.45) is -4.37. The monoisotopic (exact) mass is 335 g/mol. The van der Waals surface area contributed by atoms with E-state index in [0.29, 0.717) is 18.7 Å². The van der Waals surface area contributed by atoms with Crippen LogP contribution in [0.5, 0.6) is 0 Å². The summed E-state index contributed by atoms with van der Waals surface area (Å²) in [7, 11) is 0. The van der Waals surface area contributed by atoms with Crippen LogP contribution in [0.25, 0.3) is 0 Å². The number of hydrogen-bond acceptors (Lipinski definition) is 2.